The zero-order valence-electron chi connectivity index (χ0n) is 13.0. The van der Waals surface area contributed by atoms with E-state index in [1.165, 1.54) is 11.1 Å². The van der Waals surface area contributed by atoms with Gasteiger partial charge in [0.2, 0.25) is 0 Å². The molecule has 1 amide bonds. The summed E-state index contributed by atoms with van der Waals surface area (Å²) in [6.07, 6.45) is 5.99. The second-order valence-electron chi connectivity index (χ2n) is 5.47. The molecule has 4 nitrogen and oxygen atoms in total. The first-order chi connectivity index (χ1) is 11.8. The van der Waals surface area contributed by atoms with Gasteiger partial charge in [0.1, 0.15) is 12.0 Å². The molecule has 1 aliphatic rings. The molecule has 4 heteroatoms. The van der Waals surface area contributed by atoms with E-state index in [1.807, 2.05) is 42.5 Å². The first-order valence-electron chi connectivity index (χ1n) is 7.70. The van der Waals surface area contributed by atoms with Gasteiger partial charge in [-0.25, -0.2) is 4.79 Å². The third kappa shape index (κ3) is 3.79. The number of benzene rings is 2. The van der Waals surface area contributed by atoms with Crippen molar-refractivity contribution >= 4 is 12.4 Å². The van der Waals surface area contributed by atoms with Gasteiger partial charge < -0.3 is 4.74 Å². The Morgan fingerprint density at radius 2 is 1.71 bits per heavy atom. The van der Waals surface area contributed by atoms with Gasteiger partial charge in [-0.1, -0.05) is 54.6 Å². The number of ether oxygens (including phenoxy) is 1. The molecule has 2 aromatic carbocycles. The zero-order chi connectivity index (χ0) is 16.8. The van der Waals surface area contributed by atoms with Crippen LogP contribution < -0.4 is 4.74 Å². The topological polar surface area (TPSA) is 46.6 Å². The molecule has 0 aliphatic carbocycles. The van der Waals surface area contributed by atoms with Crippen LogP contribution in [0, 0.1) is 5.92 Å². The number of carbonyl (C=O) groups is 2. The molecule has 0 aromatic heterocycles. The monoisotopic (exact) mass is 319 g/mol. The number of hydrogen-bond donors (Lipinski definition) is 0. The largest absolute Gasteiger partial charge is 0.423 e. The van der Waals surface area contributed by atoms with Crippen molar-refractivity contribution in [3.8, 4) is 5.75 Å². The van der Waals surface area contributed by atoms with E-state index >= 15 is 0 Å². The van der Waals surface area contributed by atoms with Crippen LogP contribution in [-0.4, -0.2) is 17.3 Å². The smallest absolute Gasteiger partial charge is 0.410 e. The summed E-state index contributed by atoms with van der Waals surface area (Å²) < 4.78 is 5.28. The lowest BCUT2D eigenvalue weighted by molar-refractivity contribution is -0.105. The Bertz CT molecular complexity index is 766. The Balaban J connectivity index is 1.70. The number of nitrogens with zero attached hydrogens (tertiary/aromatic N) is 1. The number of carbonyl (C=O) groups excluding carboxylic acids is 2. The molecule has 0 bridgehead atoms. The number of para-hydroxylation sites is 1. The molecule has 1 atom stereocenters. The maximum atomic E-state index is 12.2. The zero-order valence-corrected chi connectivity index (χ0v) is 13.0. The summed E-state index contributed by atoms with van der Waals surface area (Å²) in [6.45, 7) is 0. The van der Waals surface area contributed by atoms with E-state index in [-0.39, 0.29) is 5.92 Å². The highest BCUT2D eigenvalue weighted by Crippen LogP contribution is 2.23. The summed E-state index contributed by atoms with van der Waals surface area (Å²) in [6, 6.07) is 18.8. The van der Waals surface area contributed by atoms with Crippen molar-refractivity contribution in [1.82, 2.24) is 4.90 Å². The fourth-order valence-corrected chi connectivity index (χ4v) is 2.53. The van der Waals surface area contributed by atoms with Crippen molar-refractivity contribution in [2.45, 2.75) is 6.42 Å². The molecular weight excluding hydrogens is 302 g/mol. The predicted octanol–water partition coefficient (Wildman–Crippen LogP) is 3.96. The van der Waals surface area contributed by atoms with E-state index in [0.29, 0.717) is 17.7 Å². The van der Waals surface area contributed by atoms with Crippen LogP contribution in [0.4, 0.5) is 4.79 Å². The van der Waals surface area contributed by atoms with Crippen LogP contribution >= 0.6 is 0 Å². The second kappa shape index (κ2) is 7.42. The Kier molecular flexibility index (Phi) is 4.87. The van der Waals surface area contributed by atoms with Crippen molar-refractivity contribution in [3.05, 3.63) is 90.3 Å². The minimum atomic E-state index is -0.546. The van der Waals surface area contributed by atoms with Gasteiger partial charge in [-0.2, -0.15) is 0 Å². The van der Waals surface area contributed by atoms with Gasteiger partial charge in [0, 0.05) is 23.9 Å². The molecule has 0 N–H and O–H groups in total. The number of rotatable bonds is 4. The normalized spacial score (nSPS) is 16.4. The van der Waals surface area contributed by atoms with Crippen molar-refractivity contribution < 1.29 is 14.3 Å². The lowest BCUT2D eigenvalue weighted by atomic mass is 9.91. The van der Waals surface area contributed by atoms with E-state index in [0.717, 1.165) is 11.8 Å². The van der Waals surface area contributed by atoms with Crippen molar-refractivity contribution in [2.75, 3.05) is 0 Å². The Labute approximate surface area is 140 Å². The maximum absolute atomic E-state index is 12.2. The van der Waals surface area contributed by atoms with Gasteiger partial charge in [-0.3, -0.25) is 9.69 Å². The Morgan fingerprint density at radius 3 is 2.38 bits per heavy atom. The molecule has 1 aliphatic heterocycles. The molecule has 0 saturated heterocycles. The standard InChI is InChI=1S/C20H17NO3/c22-15-18-14-21(20(23)24-19-9-5-2-6-10-19)12-11-17(18)13-16-7-3-1-4-8-16/h1-12,14-15,17H,13H2. The third-order valence-electron chi connectivity index (χ3n) is 3.79. The van der Waals surface area contributed by atoms with Crippen molar-refractivity contribution in [2.24, 2.45) is 5.92 Å². The minimum absolute atomic E-state index is 0.0503. The molecule has 0 saturated carbocycles. The first kappa shape index (κ1) is 15.7. The lowest BCUT2D eigenvalue weighted by Crippen LogP contribution is -2.28. The van der Waals surface area contributed by atoms with Crippen molar-refractivity contribution in [3.63, 3.8) is 0 Å². The van der Waals surface area contributed by atoms with E-state index in [9.17, 15) is 9.59 Å². The third-order valence-corrected chi connectivity index (χ3v) is 3.79. The molecular formula is C20H17NO3. The Morgan fingerprint density at radius 1 is 1.04 bits per heavy atom. The molecule has 0 fully saturated rings. The maximum Gasteiger partial charge on any atom is 0.423 e. The highest BCUT2D eigenvalue weighted by Gasteiger charge is 2.21. The number of aldehydes is 1. The summed E-state index contributed by atoms with van der Waals surface area (Å²) in [5.41, 5.74) is 1.69. The van der Waals surface area contributed by atoms with Crippen LogP contribution in [0.25, 0.3) is 0 Å². The first-order valence-corrected chi connectivity index (χ1v) is 7.70. The van der Waals surface area contributed by atoms with Crippen molar-refractivity contribution in [1.29, 1.82) is 0 Å². The molecule has 1 heterocycles. The highest BCUT2D eigenvalue weighted by molar-refractivity contribution is 5.79. The van der Waals surface area contributed by atoms with E-state index in [1.54, 1.807) is 30.5 Å². The lowest BCUT2D eigenvalue weighted by Gasteiger charge is -2.23. The van der Waals surface area contributed by atoms with Gasteiger partial charge in [-0.15, -0.1) is 0 Å². The Hall–Kier alpha value is -3.14. The second-order valence-corrected chi connectivity index (χ2v) is 5.47. The van der Waals surface area contributed by atoms with E-state index in [2.05, 4.69) is 0 Å². The van der Waals surface area contributed by atoms with Crippen LogP contribution in [0.3, 0.4) is 0 Å². The summed E-state index contributed by atoms with van der Waals surface area (Å²) in [5.74, 6) is 0.411. The molecule has 2 aromatic rings. The average molecular weight is 319 g/mol. The number of amides is 1. The number of hydrogen-bond acceptors (Lipinski definition) is 3. The fourth-order valence-electron chi connectivity index (χ4n) is 2.53. The van der Waals surface area contributed by atoms with Gasteiger partial charge in [0.25, 0.3) is 0 Å². The van der Waals surface area contributed by atoms with Crippen LogP contribution in [0.1, 0.15) is 5.56 Å². The SMILES string of the molecule is O=CC1=CN(C(=O)Oc2ccccc2)C=CC1Cc1ccccc1. The molecule has 1 unspecified atom stereocenters. The fraction of sp³-hybridized carbons (Fsp3) is 0.100. The van der Waals surface area contributed by atoms with E-state index in [4.69, 9.17) is 4.74 Å². The van der Waals surface area contributed by atoms with Crippen LogP contribution in [0.2, 0.25) is 0 Å². The molecule has 24 heavy (non-hydrogen) atoms. The van der Waals surface area contributed by atoms with Crippen LogP contribution in [-0.2, 0) is 11.2 Å². The van der Waals surface area contributed by atoms with Gasteiger partial charge in [0.15, 0.2) is 0 Å². The number of allylic oxidation sites excluding steroid dienone is 2. The molecule has 0 spiro atoms. The van der Waals surface area contributed by atoms with Crippen LogP contribution in [0.15, 0.2) is 84.7 Å². The molecule has 0 radical (unpaired) electrons. The summed E-state index contributed by atoms with van der Waals surface area (Å²) in [7, 11) is 0. The average Bonchev–Trinajstić information content (AvgIpc) is 2.63. The predicted molar refractivity (Wildman–Crippen MR) is 91.2 cm³/mol. The molecule has 3 rings (SSSR count). The quantitative estimate of drug-likeness (QED) is 0.802. The summed E-state index contributed by atoms with van der Waals surface area (Å²) in [5, 5.41) is 0. The van der Waals surface area contributed by atoms with Gasteiger partial charge in [0.05, 0.1) is 0 Å². The van der Waals surface area contributed by atoms with Gasteiger partial charge in [-0.05, 0) is 24.1 Å². The highest BCUT2D eigenvalue weighted by atomic mass is 16.6. The van der Waals surface area contributed by atoms with E-state index < -0.39 is 6.09 Å². The molecule has 120 valence electrons. The minimum Gasteiger partial charge on any atom is -0.410 e. The van der Waals surface area contributed by atoms with Gasteiger partial charge >= 0.3 is 6.09 Å². The van der Waals surface area contributed by atoms with Crippen LogP contribution in [0.5, 0.6) is 5.75 Å². The summed E-state index contributed by atoms with van der Waals surface area (Å²) in [4.78, 5) is 24.9. The summed E-state index contributed by atoms with van der Waals surface area (Å²) >= 11 is 0.